The average Bonchev–Trinajstić information content (AvgIpc) is 3.03. The average molecular weight is 332 g/mol. The molecule has 5 nitrogen and oxygen atoms in total. The summed E-state index contributed by atoms with van der Waals surface area (Å²) in [5.74, 6) is 1.33. The minimum Gasteiger partial charge on any atom is -0.491 e. The summed E-state index contributed by atoms with van der Waals surface area (Å²) in [6.07, 6.45) is -1.09. The Labute approximate surface area is 136 Å². The fraction of sp³-hybridized carbons (Fsp3) is 0.250. The van der Waals surface area contributed by atoms with Gasteiger partial charge in [0, 0.05) is 11.7 Å². The van der Waals surface area contributed by atoms with Gasteiger partial charge in [0.2, 0.25) is 0 Å². The highest BCUT2D eigenvalue weighted by atomic mass is 32.1. The lowest BCUT2D eigenvalue weighted by Gasteiger charge is -2.08. The van der Waals surface area contributed by atoms with Crippen LogP contribution < -0.4 is 10.1 Å². The van der Waals surface area contributed by atoms with Crippen LogP contribution >= 0.6 is 11.3 Å². The molecule has 3 rings (SSSR count). The molecule has 2 N–H and O–H groups in total. The van der Waals surface area contributed by atoms with Gasteiger partial charge in [-0.15, -0.1) is 21.5 Å². The quantitative estimate of drug-likeness (QED) is 0.726. The number of halogens is 1. The molecule has 1 atom stereocenters. The summed E-state index contributed by atoms with van der Waals surface area (Å²) in [6.45, 7) is -0.871. The fourth-order valence-corrected chi connectivity index (χ4v) is 3.12. The molecule has 2 aromatic heterocycles. The topological polar surface area (TPSA) is 67.3 Å². The van der Waals surface area contributed by atoms with Crippen LogP contribution in [0, 0.1) is 0 Å². The summed E-state index contributed by atoms with van der Waals surface area (Å²) >= 11 is 1.58. The van der Waals surface area contributed by atoms with Crippen molar-refractivity contribution in [2.75, 3.05) is 25.6 Å². The summed E-state index contributed by atoms with van der Waals surface area (Å²) in [5.41, 5.74) is 0.806. The SMILES string of the molecule is CNc1ccc(-c2cc3ccc(OCC(O)C[18F])cc3s2)nn1. The normalized spacial score (nSPS) is 12.3. The van der Waals surface area contributed by atoms with Crippen molar-refractivity contribution in [3.63, 3.8) is 0 Å². The number of thiophene rings is 1. The Morgan fingerprint density at radius 2 is 2.13 bits per heavy atom. The number of ether oxygens (including phenoxy) is 1. The number of fused-ring (bicyclic) bond motifs is 1. The van der Waals surface area contributed by atoms with Crippen LogP contribution in [0.5, 0.6) is 5.75 Å². The van der Waals surface area contributed by atoms with Crippen LogP contribution in [0.25, 0.3) is 20.7 Å². The highest BCUT2D eigenvalue weighted by Gasteiger charge is 2.09. The van der Waals surface area contributed by atoms with Gasteiger partial charge in [-0.05, 0) is 41.8 Å². The number of aromatic nitrogens is 2. The zero-order valence-electron chi connectivity index (χ0n) is 12.5. The standard InChI is InChI=1S/C16H16FN3O2S/c1-18-16-5-4-13(19-20-16)15-6-10-2-3-12(7-14(10)23-15)22-9-11(21)8-17/h2-7,11,21H,8-9H2,1H3,(H,18,20)/i17-1. The Morgan fingerprint density at radius 3 is 2.83 bits per heavy atom. The predicted octanol–water partition coefficient (Wildman–Crippen LogP) is 3.11. The summed E-state index contributed by atoms with van der Waals surface area (Å²) in [7, 11) is 1.80. The van der Waals surface area contributed by atoms with E-state index in [0.29, 0.717) is 5.75 Å². The molecular weight excluding hydrogens is 316 g/mol. The lowest BCUT2D eigenvalue weighted by atomic mass is 10.2. The van der Waals surface area contributed by atoms with Crippen LogP contribution in [0.1, 0.15) is 0 Å². The molecule has 0 aliphatic carbocycles. The van der Waals surface area contributed by atoms with Crippen LogP contribution in [-0.4, -0.2) is 41.7 Å². The van der Waals surface area contributed by atoms with Crippen LogP contribution in [0.15, 0.2) is 36.4 Å². The van der Waals surface area contributed by atoms with Gasteiger partial charge in [-0.25, -0.2) is 4.39 Å². The van der Waals surface area contributed by atoms with Crippen LogP contribution in [-0.2, 0) is 0 Å². The van der Waals surface area contributed by atoms with Gasteiger partial charge in [-0.2, -0.15) is 0 Å². The monoisotopic (exact) mass is 332 g/mol. The Morgan fingerprint density at radius 1 is 1.26 bits per heavy atom. The zero-order valence-corrected chi connectivity index (χ0v) is 13.3. The summed E-state index contributed by atoms with van der Waals surface area (Å²) < 4.78 is 18.7. The second kappa shape index (κ2) is 6.89. The molecule has 0 saturated heterocycles. The van der Waals surface area contributed by atoms with E-state index < -0.39 is 12.8 Å². The third-order valence-electron chi connectivity index (χ3n) is 3.29. The number of aliphatic hydroxyl groups excluding tert-OH is 1. The Balaban J connectivity index is 1.83. The first-order valence-corrected chi connectivity index (χ1v) is 7.93. The molecule has 0 bridgehead atoms. The van der Waals surface area contributed by atoms with Gasteiger partial charge >= 0.3 is 0 Å². The third-order valence-corrected chi connectivity index (χ3v) is 4.41. The van der Waals surface area contributed by atoms with Crippen LogP contribution in [0.2, 0.25) is 0 Å². The van der Waals surface area contributed by atoms with Crippen molar-refractivity contribution in [1.82, 2.24) is 10.2 Å². The number of anilines is 1. The number of rotatable bonds is 6. The zero-order chi connectivity index (χ0) is 16.2. The molecular formula is C16H16FN3O2S. The lowest BCUT2D eigenvalue weighted by Crippen LogP contribution is -2.19. The smallest absolute Gasteiger partial charge is 0.148 e. The van der Waals surface area contributed by atoms with E-state index in [9.17, 15) is 9.50 Å². The molecule has 7 heteroatoms. The van der Waals surface area contributed by atoms with Crippen molar-refractivity contribution >= 4 is 27.2 Å². The maximum atomic E-state index is 12.2. The molecule has 23 heavy (non-hydrogen) atoms. The third kappa shape index (κ3) is 3.57. The number of alkyl halides is 1. The van der Waals surface area contributed by atoms with Crippen molar-refractivity contribution < 1.29 is 14.2 Å². The van der Waals surface area contributed by atoms with Gasteiger partial charge in [0.1, 0.15) is 36.6 Å². The second-order valence-electron chi connectivity index (χ2n) is 4.98. The van der Waals surface area contributed by atoms with E-state index in [4.69, 9.17) is 4.74 Å². The van der Waals surface area contributed by atoms with Gasteiger partial charge in [-0.1, -0.05) is 0 Å². The van der Waals surface area contributed by atoms with Crippen molar-refractivity contribution in [2.24, 2.45) is 0 Å². The van der Waals surface area contributed by atoms with Crippen molar-refractivity contribution in [2.45, 2.75) is 6.10 Å². The number of nitrogens with zero attached hydrogens (tertiary/aromatic N) is 2. The van der Waals surface area contributed by atoms with E-state index in [-0.39, 0.29) is 6.61 Å². The first-order chi connectivity index (χ1) is 11.2. The Kier molecular flexibility index (Phi) is 4.68. The minimum absolute atomic E-state index is 0.0583. The maximum absolute atomic E-state index is 12.2. The molecule has 1 unspecified atom stereocenters. The Bertz CT molecular complexity index is 792. The molecule has 2 heterocycles. The van der Waals surface area contributed by atoms with E-state index in [1.54, 1.807) is 24.5 Å². The molecule has 0 radical (unpaired) electrons. The van der Waals surface area contributed by atoms with E-state index in [2.05, 4.69) is 15.5 Å². The number of benzene rings is 1. The summed E-state index contributed by atoms with van der Waals surface area (Å²) in [6, 6.07) is 11.5. The van der Waals surface area contributed by atoms with E-state index in [1.165, 1.54) is 0 Å². The Hall–Kier alpha value is -2.25. The van der Waals surface area contributed by atoms with Gasteiger partial charge < -0.3 is 15.2 Å². The van der Waals surface area contributed by atoms with Gasteiger partial charge in [0.15, 0.2) is 0 Å². The molecule has 0 amide bonds. The highest BCUT2D eigenvalue weighted by Crippen LogP contribution is 2.34. The van der Waals surface area contributed by atoms with Gasteiger partial charge in [0.25, 0.3) is 0 Å². The van der Waals surface area contributed by atoms with Gasteiger partial charge in [0.05, 0.1) is 4.88 Å². The maximum Gasteiger partial charge on any atom is 0.148 e. The van der Waals surface area contributed by atoms with Crippen LogP contribution in [0.3, 0.4) is 0 Å². The van der Waals surface area contributed by atoms with Crippen molar-refractivity contribution in [3.8, 4) is 16.3 Å². The lowest BCUT2D eigenvalue weighted by molar-refractivity contribution is 0.0842. The summed E-state index contributed by atoms with van der Waals surface area (Å²) in [5, 5.41) is 21.5. The van der Waals surface area contributed by atoms with Crippen molar-refractivity contribution in [1.29, 1.82) is 0 Å². The van der Waals surface area contributed by atoms with E-state index in [0.717, 1.165) is 26.5 Å². The highest BCUT2D eigenvalue weighted by molar-refractivity contribution is 7.22. The molecule has 0 spiro atoms. The van der Waals surface area contributed by atoms with Crippen LogP contribution in [0.4, 0.5) is 10.2 Å². The predicted molar refractivity (Wildman–Crippen MR) is 89.9 cm³/mol. The molecule has 0 aliphatic rings. The second-order valence-corrected chi connectivity index (χ2v) is 6.07. The fourth-order valence-electron chi connectivity index (χ4n) is 2.06. The molecule has 0 fully saturated rings. The number of nitrogens with one attached hydrogen (secondary N) is 1. The van der Waals surface area contributed by atoms with Crippen molar-refractivity contribution in [3.05, 3.63) is 36.4 Å². The van der Waals surface area contributed by atoms with Gasteiger partial charge in [-0.3, -0.25) is 0 Å². The molecule has 3 aromatic rings. The number of hydrogen-bond acceptors (Lipinski definition) is 6. The summed E-state index contributed by atoms with van der Waals surface area (Å²) in [4.78, 5) is 1.01. The van der Waals surface area contributed by atoms with E-state index >= 15 is 0 Å². The van der Waals surface area contributed by atoms with E-state index in [1.807, 2.05) is 30.3 Å². The molecule has 1 aromatic carbocycles. The molecule has 120 valence electrons. The number of hydrogen-bond donors (Lipinski definition) is 2. The largest absolute Gasteiger partial charge is 0.491 e. The first kappa shape index (κ1) is 15.6. The molecule has 0 saturated carbocycles. The first-order valence-electron chi connectivity index (χ1n) is 7.12. The molecule has 0 aliphatic heterocycles. The minimum atomic E-state index is -1.09. The number of aliphatic hydroxyl groups is 1.